The van der Waals surface area contributed by atoms with Crippen LogP contribution in [0.25, 0.3) is 10.9 Å². The topological polar surface area (TPSA) is 92.9 Å². The van der Waals surface area contributed by atoms with Crippen molar-refractivity contribution in [2.24, 2.45) is 0 Å². The number of hydrogen-bond donors (Lipinski definition) is 2. The van der Waals surface area contributed by atoms with Gasteiger partial charge < -0.3 is 24.5 Å². The van der Waals surface area contributed by atoms with Crippen molar-refractivity contribution in [1.82, 2.24) is 9.88 Å². The Balaban J connectivity index is 1.52. The molecule has 2 saturated heterocycles. The molecule has 2 N–H and O–H groups in total. The van der Waals surface area contributed by atoms with Crippen molar-refractivity contribution in [2.75, 3.05) is 38.2 Å². The number of benzene rings is 1. The summed E-state index contributed by atoms with van der Waals surface area (Å²) in [6.45, 7) is 6.20. The Kier molecular flexibility index (Phi) is 5.77. The molecule has 4 rings (SSSR count). The number of ether oxygens (including phenoxy) is 3. The Hall–Kier alpha value is -2.49. The monoisotopic (exact) mass is 419 g/mol. The van der Waals surface area contributed by atoms with Gasteiger partial charge >= 0.3 is 5.97 Å². The fourth-order valence-electron chi connectivity index (χ4n) is 4.08. The molecule has 8 nitrogen and oxygen atoms in total. The van der Waals surface area contributed by atoms with E-state index in [1.54, 1.807) is 6.92 Å². The van der Waals surface area contributed by atoms with Crippen LogP contribution in [-0.2, 0) is 19.0 Å². The van der Waals surface area contributed by atoms with Gasteiger partial charge in [0.15, 0.2) is 5.79 Å². The summed E-state index contributed by atoms with van der Waals surface area (Å²) in [4.78, 5) is 30.4. The highest BCUT2D eigenvalue weighted by atomic mass is 19.1. The van der Waals surface area contributed by atoms with Gasteiger partial charge in [0.05, 0.1) is 31.5 Å². The van der Waals surface area contributed by atoms with Gasteiger partial charge in [0.25, 0.3) is 0 Å². The smallest absolute Gasteiger partial charge is 0.356 e. The second-order valence-electron chi connectivity index (χ2n) is 7.59. The zero-order valence-corrected chi connectivity index (χ0v) is 17.1. The molecule has 3 heterocycles. The van der Waals surface area contributed by atoms with Crippen LogP contribution < -0.4 is 5.32 Å². The second-order valence-corrected chi connectivity index (χ2v) is 7.59. The molecule has 0 bridgehead atoms. The molecule has 30 heavy (non-hydrogen) atoms. The van der Waals surface area contributed by atoms with Crippen LogP contribution in [0.1, 0.15) is 37.2 Å². The first-order chi connectivity index (χ1) is 14.4. The van der Waals surface area contributed by atoms with Gasteiger partial charge in [0.2, 0.25) is 5.91 Å². The molecule has 1 aromatic carbocycles. The Morgan fingerprint density at radius 3 is 2.67 bits per heavy atom. The average molecular weight is 419 g/mol. The van der Waals surface area contributed by atoms with Crippen molar-refractivity contribution in [3.05, 3.63) is 29.7 Å². The molecule has 2 aliphatic heterocycles. The van der Waals surface area contributed by atoms with Crippen LogP contribution >= 0.6 is 0 Å². The van der Waals surface area contributed by atoms with Crippen LogP contribution in [0.3, 0.4) is 0 Å². The van der Waals surface area contributed by atoms with Crippen LogP contribution in [0.15, 0.2) is 18.2 Å². The number of anilines is 1. The standard InChI is InChI=1S/C21H26FN3O5/c1-3-28-20(27)18-17(15-12-14(22)4-5-16(15)23-18)24-19(26)13(2)25-8-6-21(7-9-25)29-10-11-30-21/h4-5,12-13,23H,3,6-11H2,1-2H3,(H,24,26)/t13-/m0/s1. The average Bonchev–Trinajstić information content (AvgIpc) is 3.33. The number of rotatable bonds is 5. The van der Waals surface area contributed by atoms with Crippen molar-refractivity contribution < 1.29 is 28.2 Å². The number of hydrogen-bond acceptors (Lipinski definition) is 6. The van der Waals surface area contributed by atoms with Gasteiger partial charge in [-0.15, -0.1) is 0 Å². The van der Waals surface area contributed by atoms with Gasteiger partial charge in [-0.3, -0.25) is 9.69 Å². The predicted octanol–water partition coefficient (Wildman–Crippen LogP) is 2.65. The molecule has 162 valence electrons. The largest absolute Gasteiger partial charge is 0.461 e. The number of piperidine rings is 1. The molecule has 0 aliphatic carbocycles. The highest BCUT2D eigenvalue weighted by Crippen LogP contribution is 2.33. The molecule has 2 aliphatic rings. The van der Waals surface area contributed by atoms with E-state index in [1.807, 2.05) is 11.8 Å². The lowest BCUT2D eigenvalue weighted by atomic mass is 10.0. The normalized spacial score (nSPS) is 19.8. The number of nitrogens with zero attached hydrogens (tertiary/aromatic N) is 1. The molecule has 0 radical (unpaired) electrons. The first-order valence-electron chi connectivity index (χ1n) is 10.2. The third kappa shape index (κ3) is 3.92. The van der Waals surface area contributed by atoms with Crippen molar-refractivity contribution >= 4 is 28.5 Å². The van der Waals surface area contributed by atoms with E-state index in [0.717, 1.165) is 0 Å². The Labute approximate surface area is 173 Å². The molecule has 2 aromatic rings. The van der Waals surface area contributed by atoms with Gasteiger partial charge in [-0.05, 0) is 32.0 Å². The van der Waals surface area contributed by atoms with Crippen molar-refractivity contribution in [1.29, 1.82) is 0 Å². The number of amides is 1. The molecule has 0 saturated carbocycles. The van der Waals surface area contributed by atoms with E-state index in [9.17, 15) is 14.0 Å². The summed E-state index contributed by atoms with van der Waals surface area (Å²) in [5.74, 6) is -1.86. The SMILES string of the molecule is CCOC(=O)c1[nH]c2ccc(F)cc2c1NC(=O)[C@H](C)N1CCC2(CC1)OCCO2. The maximum atomic E-state index is 13.8. The number of H-pyrrole nitrogens is 1. The third-order valence-corrected chi connectivity index (χ3v) is 5.79. The highest BCUT2D eigenvalue weighted by Gasteiger charge is 2.41. The van der Waals surface area contributed by atoms with E-state index in [4.69, 9.17) is 14.2 Å². The number of carbonyl (C=O) groups excluding carboxylic acids is 2. The van der Waals surface area contributed by atoms with Crippen LogP contribution in [0.4, 0.5) is 10.1 Å². The van der Waals surface area contributed by atoms with Gasteiger partial charge in [-0.2, -0.15) is 0 Å². The lowest BCUT2D eigenvalue weighted by molar-refractivity contribution is -0.187. The molecule has 1 atom stereocenters. The quantitative estimate of drug-likeness (QED) is 0.724. The summed E-state index contributed by atoms with van der Waals surface area (Å²) in [6.07, 6.45) is 1.38. The minimum absolute atomic E-state index is 0.100. The fraction of sp³-hybridized carbons (Fsp3) is 0.524. The van der Waals surface area contributed by atoms with Crippen molar-refractivity contribution in [3.63, 3.8) is 0 Å². The molecule has 9 heteroatoms. The van der Waals surface area contributed by atoms with E-state index in [2.05, 4.69) is 10.3 Å². The van der Waals surface area contributed by atoms with Gasteiger partial charge in [-0.25, -0.2) is 9.18 Å². The number of likely N-dealkylation sites (tertiary alicyclic amines) is 1. The minimum atomic E-state index is -0.604. The Morgan fingerprint density at radius 2 is 2.00 bits per heavy atom. The number of esters is 1. The molecule has 1 aromatic heterocycles. The molecule has 1 amide bonds. The molecular formula is C21H26FN3O5. The number of aromatic nitrogens is 1. The van der Waals surface area contributed by atoms with E-state index in [0.29, 0.717) is 50.0 Å². The summed E-state index contributed by atoms with van der Waals surface area (Å²) < 4.78 is 30.4. The van der Waals surface area contributed by atoms with Crippen LogP contribution in [0.5, 0.6) is 0 Å². The maximum absolute atomic E-state index is 13.8. The predicted molar refractivity (Wildman–Crippen MR) is 108 cm³/mol. The highest BCUT2D eigenvalue weighted by molar-refractivity contribution is 6.11. The summed E-state index contributed by atoms with van der Waals surface area (Å²) in [7, 11) is 0. The van der Waals surface area contributed by atoms with Crippen LogP contribution in [0, 0.1) is 5.82 Å². The lowest BCUT2D eigenvalue weighted by Crippen LogP contribution is -2.51. The van der Waals surface area contributed by atoms with Gasteiger partial charge in [0, 0.05) is 36.8 Å². The first kappa shape index (κ1) is 20.8. The number of carbonyl (C=O) groups is 2. The third-order valence-electron chi connectivity index (χ3n) is 5.79. The van der Waals surface area contributed by atoms with Gasteiger partial charge in [-0.1, -0.05) is 0 Å². The molecule has 1 spiro atoms. The van der Waals surface area contributed by atoms with Crippen LogP contribution in [0.2, 0.25) is 0 Å². The number of fused-ring (bicyclic) bond motifs is 1. The van der Waals surface area contributed by atoms with E-state index in [-0.39, 0.29) is 23.9 Å². The number of halogens is 1. The minimum Gasteiger partial charge on any atom is -0.461 e. The summed E-state index contributed by atoms with van der Waals surface area (Å²) in [6, 6.07) is 3.66. The molecular weight excluding hydrogens is 393 g/mol. The summed E-state index contributed by atoms with van der Waals surface area (Å²) in [5.41, 5.74) is 0.872. The van der Waals surface area contributed by atoms with E-state index < -0.39 is 23.6 Å². The second kappa shape index (κ2) is 8.33. The van der Waals surface area contributed by atoms with E-state index >= 15 is 0 Å². The van der Waals surface area contributed by atoms with Crippen LogP contribution in [-0.4, -0.2) is 66.5 Å². The van der Waals surface area contributed by atoms with Crippen molar-refractivity contribution in [2.45, 2.75) is 38.5 Å². The van der Waals surface area contributed by atoms with Crippen molar-refractivity contribution in [3.8, 4) is 0 Å². The Bertz CT molecular complexity index is 944. The number of aromatic amines is 1. The first-order valence-corrected chi connectivity index (χ1v) is 10.2. The zero-order valence-electron chi connectivity index (χ0n) is 17.1. The summed E-state index contributed by atoms with van der Waals surface area (Å²) in [5, 5.41) is 3.24. The Morgan fingerprint density at radius 1 is 1.30 bits per heavy atom. The molecule has 2 fully saturated rings. The lowest BCUT2D eigenvalue weighted by Gasteiger charge is -2.39. The zero-order chi connectivity index (χ0) is 21.3. The summed E-state index contributed by atoms with van der Waals surface area (Å²) >= 11 is 0. The fourth-order valence-corrected chi connectivity index (χ4v) is 4.08. The van der Waals surface area contributed by atoms with E-state index in [1.165, 1.54) is 18.2 Å². The molecule has 0 unspecified atom stereocenters. The number of nitrogens with one attached hydrogen (secondary N) is 2. The van der Waals surface area contributed by atoms with Gasteiger partial charge in [0.1, 0.15) is 11.5 Å². The maximum Gasteiger partial charge on any atom is 0.356 e.